The van der Waals surface area contributed by atoms with Crippen LogP contribution in [0, 0.1) is 5.41 Å². The fourth-order valence-electron chi connectivity index (χ4n) is 1.76. The zero-order chi connectivity index (χ0) is 17.8. The summed E-state index contributed by atoms with van der Waals surface area (Å²) in [5.74, 6) is -1.70. The molecule has 0 aliphatic rings. The van der Waals surface area contributed by atoms with E-state index in [9.17, 15) is 23.1 Å². The predicted octanol–water partition coefficient (Wildman–Crippen LogP) is 1.67. The largest absolute Gasteiger partial charge is 0.480 e. The van der Waals surface area contributed by atoms with Crippen molar-refractivity contribution in [2.24, 2.45) is 5.41 Å². The Hall–Kier alpha value is -1.45. The maximum Gasteiger partial charge on any atom is 0.326 e. The molecule has 1 atom stereocenters. The number of carboxylic acids is 1. The van der Waals surface area contributed by atoms with E-state index in [1.807, 2.05) is 20.8 Å². The first-order valence-electron chi connectivity index (χ1n) is 7.02. The number of amides is 1. The van der Waals surface area contributed by atoms with E-state index in [-0.39, 0.29) is 15.2 Å². The molecule has 0 aromatic carbocycles. The second kappa shape index (κ2) is 7.41. The lowest BCUT2D eigenvalue weighted by atomic mass is 9.88. The molecule has 1 aromatic rings. The summed E-state index contributed by atoms with van der Waals surface area (Å²) in [5, 5.41) is 13.0. The van der Waals surface area contributed by atoms with Gasteiger partial charge in [-0.15, -0.1) is 11.3 Å². The molecule has 0 radical (unpaired) electrons. The molecule has 0 saturated carbocycles. The quantitative estimate of drug-likeness (QED) is 0.683. The van der Waals surface area contributed by atoms with Crippen molar-refractivity contribution >= 4 is 33.2 Å². The van der Waals surface area contributed by atoms with Crippen molar-refractivity contribution in [3.8, 4) is 0 Å². The first-order chi connectivity index (χ1) is 10.5. The fourth-order valence-corrected chi connectivity index (χ4v) is 3.67. The Morgan fingerprint density at radius 3 is 2.43 bits per heavy atom. The summed E-state index contributed by atoms with van der Waals surface area (Å²) in [6.45, 7) is 5.96. The van der Waals surface area contributed by atoms with Crippen LogP contribution in [0.1, 0.15) is 43.3 Å². The molecule has 1 unspecified atom stereocenters. The van der Waals surface area contributed by atoms with Crippen molar-refractivity contribution in [1.82, 2.24) is 10.0 Å². The number of hydrogen-bond acceptors (Lipinski definition) is 5. The number of carbonyl (C=O) groups is 2. The highest BCUT2D eigenvalue weighted by atomic mass is 32.2. The minimum Gasteiger partial charge on any atom is -0.480 e. The zero-order valence-electron chi connectivity index (χ0n) is 13.5. The van der Waals surface area contributed by atoms with Gasteiger partial charge in [-0.3, -0.25) is 4.79 Å². The first kappa shape index (κ1) is 19.6. The van der Waals surface area contributed by atoms with Crippen LogP contribution in [0.25, 0.3) is 0 Å². The Kier molecular flexibility index (Phi) is 6.32. The molecule has 1 aromatic heterocycles. The van der Waals surface area contributed by atoms with Crippen LogP contribution in [0.15, 0.2) is 16.3 Å². The Labute approximate surface area is 140 Å². The topological polar surface area (TPSA) is 113 Å². The number of aliphatic carboxylic acids is 1. The van der Waals surface area contributed by atoms with Crippen LogP contribution >= 0.6 is 11.3 Å². The molecule has 1 heterocycles. The summed E-state index contributed by atoms with van der Waals surface area (Å²) in [4.78, 5) is 23.5. The van der Waals surface area contributed by atoms with E-state index in [4.69, 9.17) is 0 Å². The predicted molar refractivity (Wildman–Crippen MR) is 88.1 cm³/mol. The molecule has 0 saturated heterocycles. The molecule has 0 aliphatic heterocycles. The summed E-state index contributed by atoms with van der Waals surface area (Å²) >= 11 is 0.953. The number of rotatable bonds is 7. The van der Waals surface area contributed by atoms with Gasteiger partial charge in [0, 0.05) is 5.38 Å². The molecule has 1 amide bonds. The molecule has 1 rings (SSSR count). The number of thiophene rings is 1. The van der Waals surface area contributed by atoms with E-state index < -0.39 is 27.9 Å². The number of carboxylic acid groups (broad SMARTS) is 1. The maximum atomic E-state index is 12.1. The third kappa shape index (κ3) is 5.92. The van der Waals surface area contributed by atoms with E-state index in [1.54, 1.807) is 0 Å². The van der Waals surface area contributed by atoms with Crippen molar-refractivity contribution in [2.45, 2.75) is 44.6 Å². The molecule has 9 heteroatoms. The van der Waals surface area contributed by atoms with Crippen LogP contribution in [-0.2, 0) is 14.8 Å². The molecule has 0 spiro atoms. The minimum absolute atomic E-state index is 0.0169. The summed E-state index contributed by atoms with van der Waals surface area (Å²) in [6, 6.07) is 0.224. The van der Waals surface area contributed by atoms with E-state index in [0.717, 1.165) is 11.3 Å². The van der Waals surface area contributed by atoms with Crippen molar-refractivity contribution in [2.75, 3.05) is 7.05 Å². The van der Waals surface area contributed by atoms with Crippen molar-refractivity contribution in [3.05, 3.63) is 16.3 Å². The molecule has 23 heavy (non-hydrogen) atoms. The average molecular weight is 362 g/mol. The van der Waals surface area contributed by atoms with Gasteiger partial charge in [-0.2, -0.15) is 0 Å². The SMILES string of the molecule is CNS(=O)(=O)c1csc(C(=O)NC(CCC(C)(C)C)C(=O)O)c1. The summed E-state index contributed by atoms with van der Waals surface area (Å²) in [7, 11) is -2.34. The Bertz CT molecular complexity index is 674. The second-order valence-corrected chi connectivity index (χ2v) is 9.12. The highest BCUT2D eigenvalue weighted by Crippen LogP contribution is 2.23. The van der Waals surface area contributed by atoms with Crippen molar-refractivity contribution in [1.29, 1.82) is 0 Å². The monoisotopic (exact) mass is 362 g/mol. The van der Waals surface area contributed by atoms with Gasteiger partial charge >= 0.3 is 5.97 Å². The van der Waals surface area contributed by atoms with E-state index in [0.29, 0.717) is 12.8 Å². The Morgan fingerprint density at radius 1 is 1.35 bits per heavy atom. The van der Waals surface area contributed by atoms with Gasteiger partial charge in [0.05, 0.1) is 9.77 Å². The zero-order valence-corrected chi connectivity index (χ0v) is 15.2. The van der Waals surface area contributed by atoms with Gasteiger partial charge in [0.2, 0.25) is 10.0 Å². The lowest BCUT2D eigenvalue weighted by molar-refractivity contribution is -0.139. The second-order valence-electron chi connectivity index (χ2n) is 6.32. The van der Waals surface area contributed by atoms with Crippen molar-refractivity contribution < 1.29 is 23.1 Å². The number of hydrogen-bond donors (Lipinski definition) is 3. The van der Waals surface area contributed by atoms with Crippen LogP contribution in [0.2, 0.25) is 0 Å². The van der Waals surface area contributed by atoms with E-state index >= 15 is 0 Å². The van der Waals surface area contributed by atoms with Crippen LogP contribution in [0.5, 0.6) is 0 Å². The maximum absolute atomic E-state index is 12.1. The third-order valence-electron chi connectivity index (χ3n) is 3.16. The molecule has 0 aliphatic carbocycles. The third-order valence-corrected chi connectivity index (χ3v) is 5.64. The highest BCUT2D eigenvalue weighted by Gasteiger charge is 2.24. The fraction of sp³-hybridized carbons (Fsp3) is 0.571. The molecular weight excluding hydrogens is 340 g/mol. The molecule has 0 bridgehead atoms. The van der Waals surface area contributed by atoms with Crippen LogP contribution in [0.3, 0.4) is 0 Å². The number of sulfonamides is 1. The Balaban J connectivity index is 2.82. The van der Waals surface area contributed by atoms with Gasteiger partial charge in [0.1, 0.15) is 6.04 Å². The molecule has 7 nitrogen and oxygen atoms in total. The van der Waals surface area contributed by atoms with Gasteiger partial charge < -0.3 is 10.4 Å². The van der Waals surface area contributed by atoms with Gasteiger partial charge in [-0.05, 0) is 31.4 Å². The summed E-state index contributed by atoms with van der Waals surface area (Å²) in [6.07, 6.45) is 0.936. The van der Waals surface area contributed by atoms with Crippen LogP contribution in [-0.4, -0.2) is 38.5 Å². The number of nitrogens with one attached hydrogen (secondary N) is 2. The van der Waals surface area contributed by atoms with E-state index in [1.165, 1.54) is 18.5 Å². The van der Waals surface area contributed by atoms with Gasteiger partial charge in [0.25, 0.3) is 5.91 Å². The summed E-state index contributed by atoms with van der Waals surface area (Å²) < 4.78 is 25.5. The summed E-state index contributed by atoms with van der Waals surface area (Å²) in [5.41, 5.74) is -0.0462. The lowest BCUT2D eigenvalue weighted by Gasteiger charge is -2.21. The molecule has 0 fully saturated rings. The standard InChI is InChI=1S/C14H22N2O5S2/c1-14(2,3)6-5-10(13(18)19)16-12(17)11-7-9(8-22-11)23(20,21)15-4/h7-8,10,15H,5-6H2,1-4H3,(H,16,17)(H,18,19). The molecule has 3 N–H and O–H groups in total. The minimum atomic E-state index is -3.62. The number of carbonyl (C=O) groups excluding carboxylic acids is 1. The van der Waals surface area contributed by atoms with Gasteiger partial charge in [0.15, 0.2) is 0 Å². The van der Waals surface area contributed by atoms with Gasteiger partial charge in [-0.25, -0.2) is 17.9 Å². The lowest BCUT2D eigenvalue weighted by Crippen LogP contribution is -2.41. The van der Waals surface area contributed by atoms with Crippen LogP contribution in [0.4, 0.5) is 0 Å². The average Bonchev–Trinajstić information content (AvgIpc) is 2.92. The first-order valence-corrected chi connectivity index (χ1v) is 9.38. The Morgan fingerprint density at radius 2 is 1.96 bits per heavy atom. The van der Waals surface area contributed by atoms with E-state index in [2.05, 4.69) is 10.0 Å². The molecule has 130 valence electrons. The van der Waals surface area contributed by atoms with Crippen molar-refractivity contribution in [3.63, 3.8) is 0 Å². The smallest absolute Gasteiger partial charge is 0.326 e. The van der Waals surface area contributed by atoms with Crippen LogP contribution < -0.4 is 10.0 Å². The highest BCUT2D eigenvalue weighted by molar-refractivity contribution is 7.89. The molecular formula is C14H22N2O5S2. The normalized spacial score (nSPS) is 13.6. The van der Waals surface area contributed by atoms with Gasteiger partial charge in [-0.1, -0.05) is 20.8 Å².